The molecule has 0 atom stereocenters. The number of nitrogens with zero attached hydrogens (tertiary/aromatic N) is 1. The molecule has 0 saturated carbocycles. The third-order valence-electron chi connectivity index (χ3n) is 2.21. The lowest BCUT2D eigenvalue weighted by molar-refractivity contribution is 1.10. The van der Waals surface area contributed by atoms with E-state index in [1.54, 1.807) is 11.3 Å². The molecule has 0 aliphatic rings. The molecule has 1 aromatic heterocycles. The summed E-state index contributed by atoms with van der Waals surface area (Å²) in [6, 6.07) is 8.43. The van der Waals surface area contributed by atoms with Crippen LogP contribution in [0.3, 0.4) is 0 Å². The summed E-state index contributed by atoms with van der Waals surface area (Å²) in [5.74, 6) is 0.640. The molecule has 0 amide bonds. The van der Waals surface area contributed by atoms with Crippen LogP contribution in [-0.2, 0) is 6.42 Å². The normalized spacial score (nSPS) is 10.5. The Bertz CT molecular complexity index is 433. The van der Waals surface area contributed by atoms with Crippen LogP contribution >= 0.6 is 22.9 Å². The second-order valence-electron chi connectivity index (χ2n) is 3.43. The van der Waals surface area contributed by atoms with Crippen LogP contribution < -0.4 is 0 Å². The molecule has 0 bridgehead atoms. The van der Waals surface area contributed by atoms with Gasteiger partial charge in [-0.05, 0) is 6.92 Å². The van der Waals surface area contributed by atoms with Crippen molar-refractivity contribution in [1.82, 2.24) is 4.98 Å². The van der Waals surface area contributed by atoms with E-state index in [1.165, 1.54) is 11.1 Å². The SMILES string of the molecule is Cc1ccc(-c2csc(CCCl)n2)cc1. The quantitative estimate of drug-likeness (QED) is 0.738. The number of benzene rings is 1. The summed E-state index contributed by atoms with van der Waals surface area (Å²) in [5, 5.41) is 3.20. The highest BCUT2D eigenvalue weighted by molar-refractivity contribution is 7.10. The van der Waals surface area contributed by atoms with Crippen LogP contribution in [-0.4, -0.2) is 10.9 Å². The summed E-state index contributed by atoms with van der Waals surface area (Å²) in [6.45, 7) is 2.09. The first-order valence-corrected chi connectivity index (χ1v) is 6.28. The van der Waals surface area contributed by atoms with E-state index in [4.69, 9.17) is 11.6 Å². The first-order valence-electron chi connectivity index (χ1n) is 4.87. The van der Waals surface area contributed by atoms with Crippen LogP contribution in [0.5, 0.6) is 0 Å². The maximum atomic E-state index is 5.68. The number of rotatable bonds is 3. The highest BCUT2D eigenvalue weighted by Gasteiger charge is 2.03. The standard InChI is InChI=1S/C12H12ClNS/c1-9-2-4-10(5-3-9)11-8-15-12(14-11)6-7-13/h2-5,8H,6-7H2,1H3. The van der Waals surface area contributed by atoms with E-state index in [9.17, 15) is 0 Å². The summed E-state index contributed by atoms with van der Waals surface area (Å²) < 4.78 is 0. The fourth-order valence-corrected chi connectivity index (χ4v) is 2.46. The van der Waals surface area contributed by atoms with Gasteiger partial charge in [0.1, 0.15) is 0 Å². The van der Waals surface area contributed by atoms with Gasteiger partial charge in [0.15, 0.2) is 0 Å². The first kappa shape index (κ1) is 10.7. The van der Waals surface area contributed by atoms with Crippen LogP contribution in [0.2, 0.25) is 0 Å². The van der Waals surface area contributed by atoms with Gasteiger partial charge in [-0.15, -0.1) is 22.9 Å². The predicted molar refractivity (Wildman–Crippen MR) is 66.7 cm³/mol. The Morgan fingerprint density at radius 2 is 2.00 bits per heavy atom. The monoisotopic (exact) mass is 237 g/mol. The largest absolute Gasteiger partial charge is 0.241 e. The Morgan fingerprint density at radius 3 is 2.67 bits per heavy atom. The van der Waals surface area contributed by atoms with Crippen molar-refractivity contribution in [3.63, 3.8) is 0 Å². The number of halogens is 1. The highest BCUT2D eigenvalue weighted by Crippen LogP contribution is 2.22. The summed E-state index contributed by atoms with van der Waals surface area (Å²) >= 11 is 7.36. The van der Waals surface area contributed by atoms with Crippen molar-refractivity contribution in [2.45, 2.75) is 13.3 Å². The summed E-state index contributed by atoms with van der Waals surface area (Å²) in [4.78, 5) is 4.53. The van der Waals surface area contributed by atoms with Crippen LogP contribution in [0.15, 0.2) is 29.6 Å². The molecule has 1 nitrogen and oxygen atoms in total. The minimum Gasteiger partial charge on any atom is -0.241 e. The van der Waals surface area contributed by atoms with Gasteiger partial charge in [-0.1, -0.05) is 29.8 Å². The minimum absolute atomic E-state index is 0.640. The molecule has 0 saturated heterocycles. The fourth-order valence-electron chi connectivity index (χ4n) is 1.36. The van der Waals surface area contributed by atoms with E-state index < -0.39 is 0 Å². The molecule has 0 N–H and O–H groups in total. The molecule has 0 aliphatic heterocycles. The van der Waals surface area contributed by atoms with Crippen molar-refractivity contribution in [3.8, 4) is 11.3 Å². The van der Waals surface area contributed by atoms with Gasteiger partial charge in [-0.2, -0.15) is 0 Å². The van der Waals surface area contributed by atoms with Gasteiger partial charge in [0, 0.05) is 23.2 Å². The lowest BCUT2D eigenvalue weighted by Gasteiger charge is -1.96. The van der Waals surface area contributed by atoms with Crippen LogP contribution in [0, 0.1) is 6.92 Å². The van der Waals surface area contributed by atoms with Crippen molar-refractivity contribution in [2.24, 2.45) is 0 Å². The fraction of sp³-hybridized carbons (Fsp3) is 0.250. The van der Waals surface area contributed by atoms with E-state index in [2.05, 4.69) is 41.6 Å². The van der Waals surface area contributed by atoms with E-state index >= 15 is 0 Å². The van der Waals surface area contributed by atoms with Crippen LogP contribution in [0.25, 0.3) is 11.3 Å². The van der Waals surface area contributed by atoms with E-state index in [0.29, 0.717) is 5.88 Å². The van der Waals surface area contributed by atoms with Gasteiger partial charge in [-0.3, -0.25) is 0 Å². The maximum absolute atomic E-state index is 5.68. The molecule has 1 aromatic carbocycles. The molecule has 0 fully saturated rings. The highest BCUT2D eigenvalue weighted by atomic mass is 35.5. The van der Waals surface area contributed by atoms with E-state index in [1.807, 2.05) is 0 Å². The third-order valence-corrected chi connectivity index (χ3v) is 3.31. The van der Waals surface area contributed by atoms with E-state index in [-0.39, 0.29) is 0 Å². The van der Waals surface area contributed by atoms with Gasteiger partial charge in [0.2, 0.25) is 0 Å². The third kappa shape index (κ3) is 2.58. The number of aryl methyl sites for hydroxylation is 2. The summed E-state index contributed by atoms with van der Waals surface area (Å²) in [7, 11) is 0. The predicted octanol–water partition coefficient (Wildman–Crippen LogP) is 3.90. The van der Waals surface area contributed by atoms with Crippen molar-refractivity contribution < 1.29 is 0 Å². The number of hydrogen-bond donors (Lipinski definition) is 0. The maximum Gasteiger partial charge on any atom is 0.0944 e. The van der Waals surface area contributed by atoms with E-state index in [0.717, 1.165) is 17.1 Å². The topological polar surface area (TPSA) is 12.9 Å². The average Bonchev–Trinajstić information content (AvgIpc) is 2.68. The molecule has 78 valence electrons. The smallest absolute Gasteiger partial charge is 0.0944 e. The second-order valence-corrected chi connectivity index (χ2v) is 4.75. The Balaban J connectivity index is 2.25. The number of hydrogen-bond acceptors (Lipinski definition) is 2. The molecule has 3 heteroatoms. The van der Waals surface area contributed by atoms with Gasteiger partial charge < -0.3 is 0 Å². The number of alkyl halides is 1. The molecule has 0 spiro atoms. The van der Waals surface area contributed by atoms with Gasteiger partial charge >= 0.3 is 0 Å². The second kappa shape index (κ2) is 4.77. The molecule has 1 heterocycles. The molecule has 0 aliphatic carbocycles. The average molecular weight is 238 g/mol. The molecule has 2 aromatic rings. The molecule has 0 radical (unpaired) electrons. The van der Waals surface area contributed by atoms with Crippen molar-refractivity contribution in [2.75, 3.05) is 5.88 Å². The zero-order valence-electron chi connectivity index (χ0n) is 8.53. The molecule has 0 unspecified atom stereocenters. The van der Waals surface area contributed by atoms with Gasteiger partial charge in [-0.25, -0.2) is 4.98 Å². The van der Waals surface area contributed by atoms with Crippen molar-refractivity contribution in [1.29, 1.82) is 0 Å². The molecule has 2 rings (SSSR count). The summed E-state index contributed by atoms with van der Waals surface area (Å²) in [6.07, 6.45) is 0.859. The molecule has 15 heavy (non-hydrogen) atoms. The molecular weight excluding hydrogens is 226 g/mol. The van der Waals surface area contributed by atoms with Crippen molar-refractivity contribution in [3.05, 3.63) is 40.2 Å². The lowest BCUT2D eigenvalue weighted by Crippen LogP contribution is -1.84. The zero-order chi connectivity index (χ0) is 10.7. The zero-order valence-corrected chi connectivity index (χ0v) is 10.1. The Hall–Kier alpha value is -0.860. The molecular formula is C12H12ClNS. The Kier molecular flexibility index (Phi) is 3.39. The van der Waals surface area contributed by atoms with Crippen LogP contribution in [0.4, 0.5) is 0 Å². The Labute approximate surface area is 98.7 Å². The first-order chi connectivity index (χ1) is 7.29. The van der Waals surface area contributed by atoms with Crippen LogP contribution in [0.1, 0.15) is 10.6 Å². The van der Waals surface area contributed by atoms with Crippen molar-refractivity contribution >= 4 is 22.9 Å². The Morgan fingerprint density at radius 1 is 1.27 bits per heavy atom. The summed E-state index contributed by atoms with van der Waals surface area (Å²) in [5.41, 5.74) is 3.51. The van der Waals surface area contributed by atoms with Gasteiger partial charge in [0.05, 0.1) is 10.7 Å². The minimum atomic E-state index is 0.640. The number of aromatic nitrogens is 1. The number of thiazole rings is 1. The van der Waals surface area contributed by atoms with Gasteiger partial charge in [0.25, 0.3) is 0 Å². The lowest BCUT2D eigenvalue weighted by atomic mass is 10.1.